The fraction of sp³-hybridized carbons (Fsp3) is 0.320. The number of hydrogen-bond acceptors (Lipinski definition) is 4. The summed E-state index contributed by atoms with van der Waals surface area (Å²) in [4.78, 5) is 5.87. The minimum atomic E-state index is -0.427. The number of halogens is 2. The maximum absolute atomic E-state index is 6.51. The zero-order valence-electron chi connectivity index (χ0n) is 18.2. The summed E-state index contributed by atoms with van der Waals surface area (Å²) in [6, 6.07) is 13.8. The van der Waals surface area contributed by atoms with Crippen molar-refractivity contribution in [2.24, 2.45) is 5.73 Å². The van der Waals surface area contributed by atoms with E-state index in [2.05, 4.69) is 43.0 Å². The van der Waals surface area contributed by atoms with Gasteiger partial charge in [-0.05, 0) is 43.5 Å². The molecule has 0 bridgehead atoms. The van der Waals surface area contributed by atoms with Crippen LogP contribution >= 0.6 is 35.3 Å². The number of nitrogens with zero attached hydrogens (tertiary/aromatic N) is 1. The van der Waals surface area contributed by atoms with E-state index < -0.39 is 6.04 Å². The van der Waals surface area contributed by atoms with Crippen molar-refractivity contribution in [3.8, 4) is 28.8 Å². The van der Waals surface area contributed by atoms with Gasteiger partial charge in [0.25, 0.3) is 0 Å². The van der Waals surface area contributed by atoms with Crippen molar-refractivity contribution in [3.05, 3.63) is 68.5 Å². The van der Waals surface area contributed by atoms with Gasteiger partial charge in [0.05, 0.1) is 17.8 Å². The number of rotatable bonds is 6. The molecule has 0 aliphatic carbocycles. The third-order valence-electron chi connectivity index (χ3n) is 5.01. The highest BCUT2D eigenvalue weighted by atomic mass is 35.5. The number of aromatic nitrogens is 1. The quantitative estimate of drug-likeness (QED) is 0.387. The first-order valence-corrected chi connectivity index (χ1v) is 11.3. The van der Waals surface area contributed by atoms with E-state index in [1.54, 1.807) is 18.4 Å². The van der Waals surface area contributed by atoms with Crippen LogP contribution in [0, 0.1) is 25.7 Å². The van der Waals surface area contributed by atoms with Crippen molar-refractivity contribution >= 4 is 35.3 Å². The molecule has 0 fully saturated rings. The number of hydrogen-bond donors (Lipinski definition) is 1. The Labute approximate surface area is 200 Å². The van der Waals surface area contributed by atoms with Gasteiger partial charge in [0.2, 0.25) is 0 Å². The Bertz CT molecular complexity index is 1070. The van der Waals surface area contributed by atoms with Gasteiger partial charge in [-0.2, -0.15) is 0 Å². The molecule has 2 aromatic carbocycles. The summed E-state index contributed by atoms with van der Waals surface area (Å²) in [5.74, 6) is 7.58. The molecule has 0 amide bonds. The topological polar surface area (TPSA) is 48.1 Å². The summed E-state index contributed by atoms with van der Waals surface area (Å²) in [6.45, 7) is 6.21. The lowest BCUT2D eigenvalue weighted by Crippen LogP contribution is -2.08. The summed E-state index contributed by atoms with van der Waals surface area (Å²) in [6.07, 6.45) is 2.08. The molecular formula is C25H28Cl2N2OS. The van der Waals surface area contributed by atoms with Crippen molar-refractivity contribution < 1.29 is 4.74 Å². The first-order valence-electron chi connectivity index (χ1n) is 10.1. The van der Waals surface area contributed by atoms with E-state index >= 15 is 0 Å². The summed E-state index contributed by atoms with van der Waals surface area (Å²) >= 11 is 8.08. The van der Waals surface area contributed by atoms with Crippen molar-refractivity contribution in [2.45, 2.75) is 45.6 Å². The van der Waals surface area contributed by atoms with E-state index in [1.165, 1.54) is 5.56 Å². The Hall–Kier alpha value is -2.03. The Morgan fingerprint density at radius 1 is 1.16 bits per heavy atom. The molecule has 1 aromatic heterocycles. The first kappa shape index (κ1) is 25.2. The zero-order valence-corrected chi connectivity index (χ0v) is 20.6. The summed E-state index contributed by atoms with van der Waals surface area (Å²) in [5.41, 5.74) is 10.4. The highest BCUT2D eigenvalue weighted by molar-refractivity contribution is 7.12. The third kappa shape index (κ3) is 6.02. The molecule has 2 N–H and O–H groups in total. The lowest BCUT2D eigenvalue weighted by molar-refractivity contribution is 0.412. The second kappa shape index (κ2) is 11.5. The molecule has 0 saturated heterocycles. The number of ether oxygens (including phenoxy) is 1. The molecule has 0 aliphatic heterocycles. The van der Waals surface area contributed by atoms with Crippen LogP contribution in [0.3, 0.4) is 0 Å². The minimum absolute atomic E-state index is 0. The van der Waals surface area contributed by atoms with Crippen LogP contribution in [0.1, 0.15) is 52.7 Å². The molecule has 1 unspecified atom stereocenters. The Balaban J connectivity index is 0.00000341. The number of thiazole rings is 1. The predicted molar refractivity (Wildman–Crippen MR) is 135 cm³/mol. The van der Waals surface area contributed by atoms with Gasteiger partial charge >= 0.3 is 0 Å². The first-order chi connectivity index (χ1) is 14.4. The minimum Gasteiger partial charge on any atom is -0.496 e. The maximum Gasteiger partial charge on any atom is 0.123 e. The average Bonchev–Trinajstić information content (AvgIpc) is 3.14. The molecule has 3 rings (SSSR count). The van der Waals surface area contributed by atoms with Crippen molar-refractivity contribution in [1.29, 1.82) is 0 Å². The largest absolute Gasteiger partial charge is 0.496 e. The molecule has 0 radical (unpaired) electrons. The van der Waals surface area contributed by atoms with Crippen LogP contribution in [0.4, 0.5) is 0 Å². The molecule has 1 heterocycles. The number of aryl methyl sites for hydroxylation is 2. The summed E-state index contributed by atoms with van der Waals surface area (Å²) in [5, 5.41) is 1.42. The molecule has 0 aliphatic rings. The molecule has 3 nitrogen and oxygen atoms in total. The van der Waals surface area contributed by atoms with Gasteiger partial charge in [-0.25, -0.2) is 4.98 Å². The smallest absolute Gasteiger partial charge is 0.123 e. The normalized spacial score (nSPS) is 12.3. The lowest BCUT2D eigenvalue weighted by Gasteiger charge is -2.10. The number of nitrogens with two attached hydrogens (primary N) is 1. The van der Waals surface area contributed by atoms with Crippen molar-refractivity contribution in [3.63, 3.8) is 0 Å². The molecule has 31 heavy (non-hydrogen) atoms. The van der Waals surface area contributed by atoms with Gasteiger partial charge in [0.1, 0.15) is 16.8 Å². The highest BCUT2D eigenvalue weighted by Crippen LogP contribution is 2.37. The SMILES string of the molecule is CCC[C@H](C#CC(N)c1nc(-c2cc(C)c(OC)cc2Cl)c(C)s1)c1ccccc1.Cl. The maximum atomic E-state index is 6.51. The lowest BCUT2D eigenvalue weighted by atomic mass is 9.95. The molecule has 2 atom stereocenters. The van der Waals surface area contributed by atoms with E-state index in [0.717, 1.165) is 45.3 Å². The highest BCUT2D eigenvalue weighted by Gasteiger charge is 2.18. The molecule has 0 saturated carbocycles. The molecular weight excluding hydrogens is 447 g/mol. The third-order valence-corrected chi connectivity index (χ3v) is 6.38. The second-order valence-electron chi connectivity index (χ2n) is 7.28. The van der Waals surface area contributed by atoms with Gasteiger partial charge in [0.15, 0.2) is 0 Å². The fourth-order valence-corrected chi connectivity index (χ4v) is 4.54. The molecule has 6 heteroatoms. The number of methoxy groups -OCH3 is 1. The van der Waals surface area contributed by atoms with E-state index in [9.17, 15) is 0 Å². The monoisotopic (exact) mass is 474 g/mol. The fourth-order valence-electron chi connectivity index (χ4n) is 3.41. The van der Waals surface area contributed by atoms with E-state index in [-0.39, 0.29) is 18.3 Å². The number of benzene rings is 2. The zero-order chi connectivity index (χ0) is 21.7. The second-order valence-corrected chi connectivity index (χ2v) is 8.92. The van der Waals surface area contributed by atoms with Gasteiger partial charge in [-0.3, -0.25) is 0 Å². The Kier molecular flexibility index (Phi) is 9.40. The summed E-state index contributed by atoms with van der Waals surface area (Å²) in [7, 11) is 1.64. The molecule has 3 aromatic rings. The van der Waals surface area contributed by atoms with Crippen molar-refractivity contribution in [2.75, 3.05) is 7.11 Å². The van der Waals surface area contributed by atoms with Gasteiger partial charge in [-0.15, -0.1) is 23.7 Å². The Morgan fingerprint density at radius 2 is 1.87 bits per heavy atom. The van der Waals surface area contributed by atoms with Gasteiger partial charge in [-0.1, -0.05) is 67.1 Å². The standard InChI is InChI=1S/C25H27ClN2OS.ClH/c1-5-9-18(19-10-7-6-8-11-19)12-13-22(27)25-28-24(17(3)30-25)20-14-16(2)23(29-4)15-21(20)26;/h6-8,10-11,14-15,18,22H,5,9,27H2,1-4H3;1H/t18-,22?;/m1./s1. The van der Waals surface area contributed by atoms with Crippen LogP contribution in [0.5, 0.6) is 5.75 Å². The molecule has 164 valence electrons. The predicted octanol–water partition coefficient (Wildman–Crippen LogP) is 7.10. The Morgan fingerprint density at radius 3 is 2.52 bits per heavy atom. The molecule has 0 spiro atoms. The van der Waals surface area contributed by atoms with Gasteiger partial charge < -0.3 is 10.5 Å². The van der Waals surface area contributed by atoms with E-state index in [0.29, 0.717) is 5.02 Å². The van der Waals surface area contributed by atoms with Crippen LogP contribution in [-0.4, -0.2) is 12.1 Å². The van der Waals surface area contributed by atoms with Crippen LogP contribution in [0.2, 0.25) is 5.02 Å². The van der Waals surface area contributed by atoms with E-state index in [4.69, 9.17) is 27.1 Å². The van der Waals surface area contributed by atoms with Crippen LogP contribution < -0.4 is 10.5 Å². The van der Waals surface area contributed by atoms with Crippen molar-refractivity contribution in [1.82, 2.24) is 4.98 Å². The average molecular weight is 475 g/mol. The van der Waals surface area contributed by atoms with E-state index in [1.807, 2.05) is 32.0 Å². The van der Waals surface area contributed by atoms with Crippen LogP contribution in [0.25, 0.3) is 11.3 Å². The summed E-state index contributed by atoms with van der Waals surface area (Å²) < 4.78 is 5.36. The van der Waals surface area contributed by atoms with Gasteiger partial charge in [0, 0.05) is 16.4 Å². The van der Waals surface area contributed by atoms with Crippen LogP contribution in [0.15, 0.2) is 42.5 Å². The van der Waals surface area contributed by atoms with Crippen LogP contribution in [-0.2, 0) is 0 Å².